The molecule has 0 radical (unpaired) electrons. The van der Waals surface area contributed by atoms with Gasteiger partial charge in [0.05, 0.1) is 17.8 Å². The third-order valence-electron chi connectivity index (χ3n) is 6.92. The van der Waals surface area contributed by atoms with E-state index in [9.17, 15) is 4.79 Å². The molecule has 1 amide bonds. The molecule has 1 aromatic heterocycles. The van der Waals surface area contributed by atoms with Gasteiger partial charge >= 0.3 is 0 Å². The van der Waals surface area contributed by atoms with Crippen molar-refractivity contribution in [3.05, 3.63) is 83.7 Å². The summed E-state index contributed by atoms with van der Waals surface area (Å²) in [6.07, 6.45) is 3.54. The minimum atomic E-state index is -0.403. The molecule has 5 rings (SSSR count). The standard InChI is InChI=1S/C27H31N5O/c1-27(2)23-16-28-26(29-22-11-7-4-8-12-22)30-24(23)19-32(27)25(33)15-21-13-14-31(18-21)17-20-9-5-3-6-10-20/h3-12,16,21H,13-15,17-19H2,1-2H3,(H,28,29,30). The van der Waals surface area contributed by atoms with Crippen LogP contribution in [-0.2, 0) is 23.4 Å². The predicted octanol–water partition coefficient (Wildman–Crippen LogP) is 4.71. The Morgan fingerprint density at radius 1 is 1.09 bits per heavy atom. The van der Waals surface area contributed by atoms with Crippen molar-refractivity contribution in [1.29, 1.82) is 0 Å². The van der Waals surface area contributed by atoms with Crippen molar-refractivity contribution < 1.29 is 4.79 Å². The first-order valence-electron chi connectivity index (χ1n) is 11.7. The Bertz CT molecular complexity index is 1120. The number of benzene rings is 2. The molecule has 3 aromatic rings. The van der Waals surface area contributed by atoms with E-state index >= 15 is 0 Å². The molecular weight excluding hydrogens is 410 g/mol. The molecule has 1 saturated heterocycles. The van der Waals surface area contributed by atoms with Crippen LogP contribution in [-0.4, -0.2) is 38.8 Å². The summed E-state index contributed by atoms with van der Waals surface area (Å²) in [4.78, 5) is 27.1. The van der Waals surface area contributed by atoms with E-state index in [1.807, 2.05) is 41.4 Å². The first-order valence-corrected chi connectivity index (χ1v) is 11.7. The molecule has 6 heteroatoms. The van der Waals surface area contributed by atoms with Crippen molar-refractivity contribution in [2.45, 2.75) is 45.3 Å². The van der Waals surface area contributed by atoms with Crippen LogP contribution >= 0.6 is 0 Å². The summed E-state index contributed by atoms with van der Waals surface area (Å²) in [6, 6.07) is 20.5. The van der Waals surface area contributed by atoms with Gasteiger partial charge in [-0.1, -0.05) is 48.5 Å². The van der Waals surface area contributed by atoms with Crippen molar-refractivity contribution in [3.8, 4) is 0 Å². The van der Waals surface area contributed by atoms with Crippen molar-refractivity contribution >= 4 is 17.5 Å². The number of nitrogens with zero attached hydrogens (tertiary/aromatic N) is 4. The smallest absolute Gasteiger partial charge is 0.227 e. The molecule has 1 N–H and O–H groups in total. The van der Waals surface area contributed by atoms with Gasteiger partial charge in [-0.05, 0) is 50.4 Å². The van der Waals surface area contributed by atoms with E-state index in [4.69, 9.17) is 4.98 Å². The summed E-state index contributed by atoms with van der Waals surface area (Å²) >= 11 is 0. The average Bonchev–Trinajstić information content (AvgIpc) is 3.36. The highest BCUT2D eigenvalue weighted by atomic mass is 16.2. The zero-order valence-corrected chi connectivity index (χ0v) is 19.4. The fraction of sp³-hybridized carbons (Fsp3) is 0.370. The highest BCUT2D eigenvalue weighted by molar-refractivity contribution is 5.78. The lowest BCUT2D eigenvalue weighted by molar-refractivity contribution is -0.137. The topological polar surface area (TPSA) is 61.4 Å². The number of carbonyl (C=O) groups is 1. The average molecular weight is 442 g/mol. The first-order chi connectivity index (χ1) is 16.0. The fourth-order valence-electron chi connectivity index (χ4n) is 5.07. The zero-order chi connectivity index (χ0) is 22.8. The summed E-state index contributed by atoms with van der Waals surface area (Å²) in [7, 11) is 0. The number of para-hydroxylation sites is 1. The van der Waals surface area contributed by atoms with Gasteiger partial charge in [0, 0.05) is 37.0 Å². The van der Waals surface area contributed by atoms with Gasteiger partial charge < -0.3 is 10.2 Å². The molecule has 33 heavy (non-hydrogen) atoms. The van der Waals surface area contributed by atoms with Crippen LogP contribution in [0.3, 0.4) is 0 Å². The second-order valence-corrected chi connectivity index (χ2v) is 9.66. The van der Waals surface area contributed by atoms with Crippen molar-refractivity contribution in [2.75, 3.05) is 18.4 Å². The van der Waals surface area contributed by atoms with E-state index in [1.54, 1.807) is 0 Å². The number of hydrogen-bond acceptors (Lipinski definition) is 5. The monoisotopic (exact) mass is 441 g/mol. The summed E-state index contributed by atoms with van der Waals surface area (Å²) < 4.78 is 0. The molecule has 2 aliphatic heterocycles. The maximum atomic E-state index is 13.4. The minimum absolute atomic E-state index is 0.210. The number of rotatable bonds is 6. The Hall–Kier alpha value is -3.25. The Morgan fingerprint density at radius 2 is 1.82 bits per heavy atom. The maximum Gasteiger partial charge on any atom is 0.227 e. The summed E-state index contributed by atoms with van der Waals surface area (Å²) in [6.45, 7) is 7.72. The molecule has 3 heterocycles. The lowest BCUT2D eigenvalue weighted by atomic mass is 9.96. The minimum Gasteiger partial charge on any atom is -0.327 e. The van der Waals surface area contributed by atoms with E-state index in [0.717, 1.165) is 43.0 Å². The van der Waals surface area contributed by atoms with Crippen molar-refractivity contribution in [1.82, 2.24) is 19.8 Å². The van der Waals surface area contributed by atoms with Crippen molar-refractivity contribution in [2.24, 2.45) is 5.92 Å². The van der Waals surface area contributed by atoms with Crippen LogP contribution in [0.25, 0.3) is 0 Å². The second kappa shape index (κ2) is 8.94. The highest BCUT2D eigenvalue weighted by Gasteiger charge is 2.42. The van der Waals surface area contributed by atoms with Gasteiger partial charge in [-0.2, -0.15) is 0 Å². The molecule has 2 aliphatic rings. The third kappa shape index (κ3) is 4.62. The Morgan fingerprint density at radius 3 is 2.58 bits per heavy atom. The van der Waals surface area contributed by atoms with E-state index in [-0.39, 0.29) is 5.91 Å². The lowest BCUT2D eigenvalue weighted by Gasteiger charge is -2.32. The summed E-state index contributed by atoms with van der Waals surface area (Å²) in [5.74, 6) is 1.18. The molecule has 2 aromatic carbocycles. The molecular formula is C27H31N5O. The number of nitrogens with one attached hydrogen (secondary N) is 1. The van der Waals surface area contributed by atoms with Crippen LogP contribution in [0.4, 0.5) is 11.6 Å². The Kier molecular flexibility index (Phi) is 5.85. The Balaban J connectivity index is 1.22. The number of hydrogen-bond donors (Lipinski definition) is 1. The van der Waals surface area contributed by atoms with Crippen LogP contribution in [0.2, 0.25) is 0 Å². The quantitative estimate of drug-likeness (QED) is 0.600. The van der Waals surface area contributed by atoms with Gasteiger partial charge in [0.2, 0.25) is 11.9 Å². The second-order valence-electron chi connectivity index (χ2n) is 9.66. The van der Waals surface area contributed by atoms with E-state index in [1.165, 1.54) is 5.56 Å². The summed E-state index contributed by atoms with van der Waals surface area (Å²) in [5, 5.41) is 3.26. The van der Waals surface area contributed by atoms with Crippen LogP contribution < -0.4 is 5.32 Å². The first kappa shape index (κ1) is 21.6. The normalized spacial score (nSPS) is 19.5. The van der Waals surface area contributed by atoms with Gasteiger partial charge in [0.25, 0.3) is 0 Å². The number of anilines is 2. The highest BCUT2D eigenvalue weighted by Crippen LogP contribution is 2.39. The van der Waals surface area contributed by atoms with Crippen molar-refractivity contribution in [3.63, 3.8) is 0 Å². The summed E-state index contributed by atoms with van der Waals surface area (Å²) in [5.41, 5.74) is 3.84. The molecule has 0 aliphatic carbocycles. The molecule has 6 nitrogen and oxygen atoms in total. The van der Waals surface area contributed by atoms with Crippen LogP contribution in [0.5, 0.6) is 0 Å². The number of fused-ring (bicyclic) bond motifs is 1. The molecule has 1 unspecified atom stereocenters. The van der Waals surface area contributed by atoms with Gasteiger partial charge in [-0.25, -0.2) is 9.97 Å². The largest absolute Gasteiger partial charge is 0.327 e. The Labute approximate surface area is 195 Å². The van der Waals surface area contributed by atoms with Crippen LogP contribution in [0.1, 0.15) is 43.5 Å². The molecule has 170 valence electrons. The maximum absolute atomic E-state index is 13.4. The molecule has 1 atom stereocenters. The van der Waals surface area contributed by atoms with Crippen LogP contribution in [0.15, 0.2) is 66.9 Å². The zero-order valence-electron chi connectivity index (χ0n) is 19.4. The van der Waals surface area contributed by atoms with Gasteiger partial charge in [-0.15, -0.1) is 0 Å². The van der Waals surface area contributed by atoms with E-state index in [2.05, 4.69) is 59.4 Å². The number of carbonyl (C=O) groups excluding carboxylic acids is 1. The van der Waals surface area contributed by atoms with E-state index in [0.29, 0.717) is 24.8 Å². The molecule has 0 saturated carbocycles. The van der Waals surface area contributed by atoms with Crippen LogP contribution in [0, 0.1) is 5.92 Å². The van der Waals surface area contributed by atoms with Gasteiger partial charge in [-0.3, -0.25) is 9.69 Å². The van der Waals surface area contributed by atoms with Gasteiger partial charge in [0.15, 0.2) is 0 Å². The fourth-order valence-corrected chi connectivity index (χ4v) is 5.07. The predicted molar refractivity (Wildman–Crippen MR) is 130 cm³/mol. The lowest BCUT2D eigenvalue weighted by Crippen LogP contribution is -2.41. The number of aromatic nitrogens is 2. The molecule has 0 spiro atoms. The number of likely N-dealkylation sites (tertiary alicyclic amines) is 1. The van der Waals surface area contributed by atoms with Gasteiger partial charge in [0.1, 0.15) is 0 Å². The third-order valence-corrected chi connectivity index (χ3v) is 6.92. The number of amides is 1. The molecule has 1 fully saturated rings. The van der Waals surface area contributed by atoms with E-state index < -0.39 is 5.54 Å². The molecule has 0 bridgehead atoms. The SMILES string of the molecule is CC1(C)c2cnc(Nc3ccccc3)nc2CN1C(=O)CC1CCN(Cc2ccccc2)C1.